The topological polar surface area (TPSA) is 152 Å². The molecule has 15 heteroatoms. The number of piperidine rings is 2. The number of aromatic hydroxyl groups is 1. The van der Waals surface area contributed by atoms with Crippen molar-refractivity contribution in [1.29, 1.82) is 0 Å². The van der Waals surface area contributed by atoms with E-state index in [0.717, 1.165) is 42.5 Å². The normalized spacial score (nSPS) is 21.8. The van der Waals surface area contributed by atoms with Gasteiger partial charge in [0, 0.05) is 70.5 Å². The SMILES string of the molecule is CCNS(=O)(=O)N1CCC(C2CCN(C(=O)[C@@H](Cc3ccc(O)c(Br)c3)OC(=O)N3CCC(N4CCc5ccccc5NC4=O)CC3)C2)CC1. The third kappa shape index (κ3) is 8.38. The molecule has 4 aliphatic heterocycles. The molecule has 0 saturated carbocycles. The van der Waals surface area contributed by atoms with Crippen molar-refractivity contribution in [2.24, 2.45) is 11.8 Å². The summed E-state index contributed by atoms with van der Waals surface area (Å²) in [7, 11) is -3.47. The number of ether oxygens (including phenoxy) is 1. The molecule has 0 bridgehead atoms. The highest BCUT2D eigenvalue weighted by molar-refractivity contribution is 9.10. The number of fused-ring (bicyclic) bond motifs is 1. The van der Waals surface area contributed by atoms with Gasteiger partial charge in [0.1, 0.15) is 5.75 Å². The summed E-state index contributed by atoms with van der Waals surface area (Å²) < 4.78 is 35.5. The lowest BCUT2D eigenvalue weighted by Gasteiger charge is -2.38. The Hall–Kier alpha value is -3.40. The van der Waals surface area contributed by atoms with E-state index in [9.17, 15) is 27.9 Å². The third-order valence-corrected chi connectivity index (χ3v) is 13.0. The number of para-hydroxylation sites is 1. The van der Waals surface area contributed by atoms with Gasteiger partial charge in [0.2, 0.25) is 0 Å². The lowest BCUT2D eigenvalue weighted by Crippen LogP contribution is -2.51. The molecule has 50 heavy (non-hydrogen) atoms. The molecular formula is C35H47BrN6O7S. The quantitative estimate of drug-likeness (QED) is 0.346. The summed E-state index contributed by atoms with van der Waals surface area (Å²) in [6.45, 7) is 5.49. The smallest absolute Gasteiger partial charge is 0.410 e. The largest absolute Gasteiger partial charge is 0.507 e. The fourth-order valence-electron chi connectivity index (χ4n) is 7.80. The molecule has 2 aromatic carbocycles. The average Bonchev–Trinajstić information content (AvgIpc) is 3.54. The zero-order valence-corrected chi connectivity index (χ0v) is 30.8. The molecular weight excluding hydrogens is 728 g/mol. The van der Waals surface area contributed by atoms with E-state index in [4.69, 9.17) is 4.74 Å². The zero-order valence-electron chi connectivity index (χ0n) is 28.4. The van der Waals surface area contributed by atoms with Crippen LogP contribution in [-0.4, -0.2) is 115 Å². The second-order valence-corrected chi connectivity index (χ2v) is 16.3. The molecule has 3 N–H and O–H groups in total. The Balaban J connectivity index is 1.07. The maximum Gasteiger partial charge on any atom is 0.410 e. The summed E-state index contributed by atoms with van der Waals surface area (Å²) >= 11 is 3.35. The predicted octanol–water partition coefficient (Wildman–Crippen LogP) is 4.17. The number of amides is 4. The molecule has 0 aromatic heterocycles. The first kappa shape index (κ1) is 36.4. The number of hydrogen-bond acceptors (Lipinski definition) is 7. The van der Waals surface area contributed by atoms with Crippen molar-refractivity contribution >= 4 is 49.9 Å². The second kappa shape index (κ2) is 15.9. The summed E-state index contributed by atoms with van der Waals surface area (Å²) in [6, 6.07) is 12.7. The highest BCUT2D eigenvalue weighted by Crippen LogP contribution is 2.34. The number of nitrogens with one attached hydrogen (secondary N) is 2. The monoisotopic (exact) mass is 774 g/mol. The van der Waals surface area contributed by atoms with E-state index in [2.05, 4.69) is 26.0 Å². The molecule has 2 atom stereocenters. The van der Waals surface area contributed by atoms with E-state index in [1.165, 1.54) is 4.31 Å². The van der Waals surface area contributed by atoms with Crippen LogP contribution in [0.25, 0.3) is 0 Å². The number of urea groups is 1. The Morgan fingerprint density at radius 3 is 2.40 bits per heavy atom. The van der Waals surface area contributed by atoms with Crippen molar-refractivity contribution in [3.8, 4) is 5.75 Å². The van der Waals surface area contributed by atoms with Gasteiger partial charge in [0.05, 0.1) is 4.47 Å². The van der Waals surface area contributed by atoms with Crippen molar-refractivity contribution in [1.82, 2.24) is 23.7 Å². The molecule has 6 rings (SSSR count). The zero-order chi connectivity index (χ0) is 35.4. The highest BCUT2D eigenvalue weighted by atomic mass is 79.9. The molecule has 1 unspecified atom stereocenters. The van der Waals surface area contributed by atoms with Crippen molar-refractivity contribution in [2.75, 3.05) is 57.7 Å². The summed E-state index contributed by atoms with van der Waals surface area (Å²) in [6.07, 6.45) is 2.77. The number of nitrogens with zero attached hydrogens (tertiary/aromatic N) is 4. The number of carbonyl (C=O) groups is 3. The van der Waals surface area contributed by atoms with E-state index in [1.54, 1.807) is 34.9 Å². The molecule has 2 aromatic rings. The molecule has 0 aliphatic carbocycles. The summed E-state index contributed by atoms with van der Waals surface area (Å²) in [5, 5.41) is 13.1. The molecule has 3 fully saturated rings. The molecule has 4 amide bonds. The predicted molar refractivity (Wildman–Crippen MR) is 192 cm³/mol. The fourth-order valence-corrected chi connectivity index (χ4v) is 9.47. The maximum absolute atomic E-state index is 14.0. The average molecular weight is 776 g/mol. The molecule has 0 spiro atoms. The standard InChI is InChI=1S/C35H47BrN6O7S/c1-2-37-50(47,48)41-18-10-25(11-19-41)27-9-15-40(23-27)33(44)32(22-24-7-8-31(43)29(36)21-24)49-35(46)39-16-13-28(14-17-39)42-20-12-26-5-3-4-6-30(26)38-34(42)45/h3-8,21,25,27-28,32,37,43H,2,9-20,22-23H2,1H3,(H,38,45)/t27?,32-/m1/s1. The summed E-state index contributed by atoms with van der Waals surface area (Å²) in [5.41, 5.74) is 2.67. The Morgan fingerprint density at radius 2 is 1.68 bits per heavy atom. The minimum atomic E-state index is -3.47. The highest BCUT2D eigenvalue weighted by Gasteiger charge is 2.39. The number of carbonyl (C=O) groups excluding carboxylic acids is 3. The molecule has 0 radical (unpaired) electrons. The lowest BCUT2D eigenvalue weighted by atomic mass is 9.84. The Bertz CT molecular complexity index is 1660. The van der Waals surface area contributed by atoms with Gasteiger partial charge < -0.3 is 29.9 Å². The van der Waals surface area contributed by atoms with Gasteiger partial charge in [0.15, 0.2) is 6.10 Å². The molecule has 4 heterocycles. The van der Waals surface area contributed by atoms with Crippen LogP contribution in [0.15, 0.2) is 46.9 Å². The molecule has 272 valence electrons. The number of phenolic OH excluding ortho intramolecular Hbond substituents is 1. The van der Waals surface area contributed by atoms with Crippen LogP contribution in [0.1, 0.15) is 50.2 Å². The van der Waals surface area contributed by atoms with Crippen LogP contribution in [0.2, 0.25) is 0 Å². The number of halogens is 1. The van der Waals surface area contributed by atoms with Gasteiger partial charge in [-0.25, -0.2) is 14.3 Å². The van der Waals surface area contributed by atoms with Crippen molar-refractivity contribution in [3.63, 3.8) is 0 Å². The van der Waals surface area contributed by atoms with Crippen LogP contribution in [0.5, 0.6) is 5.75 Å². The van der Waals surface area contributed by atoms with Gasteiger partial charge in [-0.1, -0.05) is 31.2 Å². The van der Waals surface area contributed by atoms with Crippen LogP contribution in [0.4, 0.5) is 15.3 Å². The first-order valence-electron chi connectivity index (χ1n) is 17.6. The van der Waals surface area contributed by atoms with E-state index in [0.29, 0.717) is 75.6 Å². The van der Waals surface area contributed by atoms with Crippen molar-refractivity contribution < 1.29 is 32.6 Å². The Kier molecular flexibility index (Phi) is 11.6. The number of benzene rings is 2. The van der Waals surface area contributed by atoms with Gasteiger partial charge in [-0.3, -0.25) is 4.79 Å². The maximum atomic E-state index is 14.0. The number of likely N-dealkylation sites (tertiary alicyclic amines) is 2. The Labute approximate surface area is 302 Å². The van der Waals surface area contributed by atoms with Gasteiger partial charge in [-0.05, 0) is 95.6 Å². The van der Waals surface area contributed by atoms with E-state index < -0.39 is 22.4 Å². The van der Waals surface area contributed by atoms with Gasteiger partial charge in [0.25, 0.3) is 16.1 Å². The molecule has 13 nitrogen and oxygen atoms in total. The minimum Gasteiger partial charge on any atom is -0.507 e. The van der Waals surface area contributed by atoms with Crippen LogP contribution >= 0.6 is 15.9 Å². The van der Waals surface area contributed by atoms with E-state index in [-0.39, 0.29) is 36.1 Å². The lowest BCUT2D eigenvalue weighted by molar-refractivity contribution is -0.140. The Morgan fingerprint density at radius 1 is 0.980 bits per heavy atom. The summed E-state index contributed by atoms with van der Waals surface area (Å²) in [4.78, 5) is 46.0. The number of anilines is 1. The van der Waals surface area contributed by atoms with Crippen molar-refractivity contribution in [2.45, 2.75) is 64.0 Å². The second-order valence-electron chi connectivity index (χ2n) is 13.7. The first-order chi connectivity index (χ1) is 24.0. The number of hydrogen-bond donors (Lipinski definition) is 3. The van der Waals surface area contributed by atoms with E-state index >= 15 is 0 Å². The van der Waals surface area contributed by atoms with Crippen LogP contribution in [-0.2, 0) is 32.6 Å². The number of phenols is 1. The van der Waals surface area contributed by atoms with Gasteiger partial charge in [-0.2, -0.15) is 12.7 Å². The van der Waals surface area contributed by atoms with Gasteiger partial charge in [-0.15, -0.1) is 0 Å². The van der Waals surface area contributed by atoms with Gasteiger partial charge >= 0.3 is 12.1 Å². The van der Waals surface area contributed by atoms with Crippen molar-refractivity contribution in [3.05, 3.63) is 58.1 Å². The fraction of sp³-hybridized carbons (Fsp3) is 0.571. The first-order valence-corrected chi connectivity index (χ1v) is 19.9. The minimum absolute atomic E-state index is 0.0171. The molecule has 3 saturated heterocycles. The number of rotatable bonds is 9. The van der Waals surface area contributed by atoms with E-state index in [1.807, 2.05) is 29.2 Å². The van der Waals surface area contributed by atoms with Crippen LogP contribution < -0.4 is 10.0 Å². The molecule has 4 aliphatic rings. The third-order valence-electron chi connectivity index (χ3n) is 10.6. The van der Waals surface area contributed by atoms with Crippen LogP contribution in [0, 0.1) is 11.8 Å². The van der Waals surface area contributed by atoms with Crippen LogP contribution in [0.3, 0.4) is 0 Å². The summed E-state index contributed by atoms with van der Waals surface area (Å²) in [5.74, 6) is 0.361.